The Hall–Kier alpha value is -3.17. The summed E-state index contributed by atoms with van der Waals surface area (Å²) in [5.74, 6) is 0.297. The van der Waals surface area contributed by atoms with Crippen LogP contribution in [0.2, 0.25) is 0 Å². The number of hydrogen-bond donors (Lipinski definition) is 3. The number of ether oxygens (including phenoxy) is 1. The van der Waals surface area contributed by atoms with Gasteiger partial charge in [0, 0.05) is 49.7 Å². The number of carbonyl (C=O) groups is 2. The smallest absolute Gasteiger partial charge is 0.319 e. The number of aliphatic hydroxyl groups is 1. The van der Waals surface area contributed by atoms with Gasteiger partial charge in [0.15, 0.2) is 0 Å². The minimum atomic E-state index is -0.350. The zero-order valence-corrected chi connectivity index (χ0v) is 22.7. The average molecular weight is 524 g/mol. The number of pyridine rings is 1. The Bertz CT molecular complexity index is 1080. The van der Waals surface area contributed by atoms with Crippen LogP contribution in [0.1, 0.15) is 61.9 Å². The van der Waals surface area contributed by atoms with E-state index in [1.807, 2.05) is 26.1 Å². The molecule has 2 heterocycles. The number of fused-ring (bicyclic) bond motifs is 1. The van der Waals surface area contributed by atoms with Gasteiger partial charge in [0.1, 0.15) is 11.9 Å². The minimum Gasteiger partial charge on any atom is -0.488 e. The lowest BCUT2D eigenvalue weighted by atomic mass is 9.96. The first-order chi connectivity index (χ1) is 18.3. The highest BCUT2D eigenvalue weighted by molar-refractivity contribution is 5.99. The van der Waals surface area contributed by atoms with Gasteiger partial charge in [-0.1, -0.05) is 26.2 Å². The Morgan fingerprint density at radius 1 is 1.21 bits per heavy atom. The largest absolute Gasteiger partial charge is 0.488 e. The second-order valence-corrected chi connectivity index (χ2v) is 10.8. The molecule has 3 N–H and O–H groups in total. The summed E-state index contributed by atoms with van der Waals surface area (Å²) < 4.78 is 6.48. The SMILES string of the molecule is C[C@H](CO)N1C[C@H](C)[C@@H](CN(C)Cc2ccncc2)Oc2ccc(NC(=O)NC3CCCCC3)cc2C1=O. The lowest BCUT2D eigenvalue weighted by Gasteiger charge is -2.38. The first kappa shape index (κ1) is 27.9. The van der Waals surface area contributed by atoms with Crippen LogP contribution < -0.4 is 15.4 Å². The Morgan fingerprint density at radius 2 is 1.95 bits per heavy atom. The first-order valence-electron chi connectivity index (χ1n) is 13.7. The van der Waals surface area contributed by atoms with Crippen molar-refractivity contribution in [1.29, 1.82) is 0 Å². The van der Waals surface area contributed by atoms with Gasteiger partial charge in [-0.3, -0.25) is 14.7 Å². The van der Waals surface area contributed by atoms with Crippen molar-refractivity contribution in [3.05, 3.63) is 53.9 Å². The standard InChI is InChI=1S/C29H41N5O4/c1-20-16-34(21(2)19-35)28(36)25-15-24(32-29(37)31-23-7-5-4-6-8-23)9-10-26(25)38-27(20)18-33(3)17-22-11-13-30-14-12-22/h9-15,20-21,23,27,35H,4-8,16-19H2,1-3H3,(H2,31,32,37)/t20-,21+,27+/m0/s1. The van der Waals surface area contributed by atoms with E-state index >= 15 is 0 Å². The number of nitrogens with zero attached hydrogens (tertiary/aromatic N) is 3. The fraction of sp³-hybridized carbons (Fsp3) is 0.552. The zero-order valence-electron chi connectivity index (χ0n) is 22.7. The normalized spacial score (nSPS) is 21.2. The first-order valence-corrected chi connectivity index (χ1v) is 13.7. The molecule has 4 rings (SSSR count). The molecule has 3 amide bonds. The number of aliphatic hydroxyl groups excluding tert-OH is 1. The molecule has 1 fully saturated rings. The third-order valence-electron chi connectivity index (χ3n) is 7.56. The fourth-order valence-electron chi connectivity index (χ4n) is 5.29. The van der Waals surface area contributed by atoms with E-state index in [2.05, 4.69) is 27.4 Å². The average Bonchev–Trinajstić information content (AvgIpc) is 2.91. The molecule has 1 aromatic heterocycles. The molecule has 0 saturated heterocycles. The molecule has 9 nitrogen and oxygen atoms in total. The zero-order chi connectivity index (χ0) is 27.1. The third-order valence-corrected chi connectivity index (χ3v) is 7.56. The van der Waals surface area contributed by atoms with E-state index in [9.17, 15) is 14.7 Å². The molecule has 0 bridgehead atoms. The van der Waals surface area contributed by atoms with Crippen LogP contribution in [-0.4, -0.2) is 76.8 Å². The molecular weight excluding hydrogens is 482 g/mol. The Morgan fingerprint density at radius 3 is 2.66 bits per heavy atom. The summed E-state index contributed by atoms with van der Waals surface area (Å²) in [4.78, 5) is 34.3. The second kappa shape index (κ2) is 13.1. The molecule has 1 aromatic carbocycles. The summed E-state index contributed by atoms with van der Waals surface area (Å²) in [6.07, 6.45) is 8.85. The summed E-state index contributed by atoms with van der Waals surface area (Å²) >= 11 is 0. The maximum atomic E-state index is 13.7. The molecule has 3 atom stereocenters. The van der Waals surface area contributed by atoms with Crippen molar-refractivity contribution in [2.75, 3.05) is 32.1 Å². The molecule has 2 aromatic rings. The summed E-state index contributed by atoms with van der Waals surface area (Å²) in [5, 5.41) is 15.8. The quantitative estimate of drug-likeness (QED) is 0.485. The van der Waals surface area contributed by atoms with E-state index in [1.165, 1.54) is 6.42 Å². The molecule has 0 spiro atoms. The predicted octanol–water partition coefficient (Wildman–Crippen LogP) is 3.89. The van der Waals surface area contributed by atoms with Crippen LogP contribution in [0.15, 0.2) is 42.7 Å². The van der Waals surface area contributed by atoms with Gasteiger partial charge in [-0.05, 0) is 62.7 Å². The van der Waals surface area contributed by atoms with Crippen LogP contribution in [-0.2, 0) is 6.54 Å². The van der Waals surface area contributed by atoms with Gasteiger partial charge in [-0.2, -0.15) is 0 Å². The van der Waals surface area contributed by atoms with E-state index in [4.69, 9.17) is 4.74 Å². The molecule has 1 aliphatic heterocycles. The molecular formula is C29H41N5O4. The molecule has 206 valence electrons. The Labute approximate surface area is 225 Å². The number of aromatic nitrogens is 1. The Balaban J connectivity index is 1.53. The lowest BCUT2D eigenvalue weighted by Crippen LogP contribution is -2.49. The van der Waals surface area contributed by atoms with Crippen LogP contribution in [0.25, 0.3) is 0 Å². The van der Waals surface area contributed by atoms with Gasteiger partial charge in [0.2, 0.25) is 0 Å². The van der Waals surface area contributed by atoms with Crippen molar-refractivity contribution in [1.82, 2.24) is 20.1 Å². The van der Waals surface area contributed by atoms with E-state index in [-0.39, 0.29) is 42.7 Å². The summed E-state index contributed by atoms with van der Waals surface area (Å²) in [6, 6.07) is 8.79. The molecule has 1 saturated carbocycles. The Kier molecular flexibility index (Phi) is 9.58. The molecule has 9 heteroatoms. The maximum absolute atomic E-state index is 13.7. The van der Waals surface area contributed by atoms with Crippen molar-refractivity contribution in [2.45, 2.75) is 70.7 Å². The minimum absolute atomic E-state index is 0.0278. The van der Waals surface area contributed by atoms with Gasteiger partial charge >= 0.3 is 6.03 Å². The van der Waals surface area contributed by atoms with Gasteiger partial charge in [0.25, 0.3) is 5.91 Å². The highest BCUT2D eigenvalue weighted by Gasteiger charge is 2.33. The highest BCUT2D eigenvalue weighted by atomic mass is 16.5. The lowest BCUT2D eigenvalue weighted by molar-refractivity contribution is 0.0341. The number of anilines is 1. The molecule has 0 unspecified atom stereocenters. The van der Waals surface area contributed by atoms with Gasteiger partial charge < -0.3 is 25.4 Å². The third kappa shape index (κ3) is 7.23. The molecule has 1 aliphatic carbocycles. The van der Waals surface area contributed by atoms with Crippen molar-refractivity contribution in [3.63, 3.8) is 0 Å². The van der Waals surface area contributed by atoms with Crippen molar-refractivity contribution in [2.24, 2.45) is 5.92 Å². The molecule has 0 radical (unpaired) electrons. The van der Waals surface area contributed by atoms with E-state index in [0.29, 0.717) is 30.1 Å². The van der Waals surface area contributed by atoms with E-state index < -0.39 is 0 Å². The predicted molar refractivity (Wildman–Crippen MR) is 147 cm³/mol. The number of rotatable bonds is 8. The summed E-state index contributed by atoms with van der Waals surface area (Å²) in [7, 11) is 2.05. The number of likely N-dealkylation sites (N-methyl/N-ethyl adjacent to an activating group) is 1. The van der Waals surface area contributed by atoms with Gasteiger partial charge in [-0.25, -0.2) is 4.79 Å². The van der Waals surface area contributed by atoms with Crippen LogP contribution in [0, 0.1) is 5.92 Å². The van der Waals surface area contributed by atoms with Crippen LogP contribution in [0.5, 0.6) is 5.75 Å². The summed E-state index contributed by atoms with van der Waals surface area (Å²) in [6.45, 7) is 5.64. The number of urea groups is 1. The summed E-state index contributed by atoms with van der Waals surface area (Å²) in [5.41, 5.74) is 2.08. The number of carbonyl (C=O) groups excluding carboxylic acids is 2. The number of nitrogens with one attached hydrogen (secondary N) is 2. The number of hydrogen-bond acceptors (Lipinski definition) is 6. The van der Waals surface area contributed by atoms with Crippen LogP contribution >= 0.6 is 0 Å². The van der Waals surface area contributed by atoms with Crippen molar-refractivity contribution < 1.29 is 19.4 Å². The topological polar surface area (TPSA) is 107 Å². The van der Waals surface area contributed by atoms with Crippen molar-refractivity contribution in [3.8, 4) is 5.75 Å². The molecule has 2 aliphatic rings. The second-order valence-electron chi connectivity index (χ2n) is 10.8. The van der Waals surface area contributed by atoms with Crippen molar-refractivity contribution >= 4 is 17.6 Å². The highest BCUT2D eigenvalue weighted by Crippen LogP contribution is 2.31. The van der Waals surface area contributed by atoms with E-state index in [1.54, 1.807) is 35.5 Å². The number of benzene rings is 1. The van der Waals surface area contributed by atoms with Gasteiger partial charge in [0.05, 0.1) is 18.2 Å². The van der Waals surface area contributed by atoms with Crippen LogP contribution in [0.3, 0.4) is 0 Å². The monoisotopic (exact) mass is 523 g/mol. The maximum Gasteiger partial charge on any atom is 0.319 e. The number of amides is 3. The fourth-order valence-corrected chi connectivity index (χ4v) is 5.29. The molecule has 38 heavy (non-hydrogen) atoms. The van der Waals surface area contributed by atoms with Crippen LogP contribution in [0.4, 0.5) is 10.5 Å². The van der Waals surface area contributed by atoms with E-state index in [0.717, 1.165) is 37.8 Å². The van der Waals surface area contributed by atoms with Gasteiger partial charge in [-0.15, -0.1) is 0 Å².